The molecular formula is C24H26CaO8. The average Bonchev–Trinajstić information content (AvgIpc) is 2.76. The average molecular weight is 483 g/mol. The molecule has 0 spiro atoms. The van der Waals surface area contributed by atoms with Crippen molar-refractivity contribution < 1.29 is 38.9 Å². The van der Waals surface area contributed by atoms with Crippen LogP contribution in [0.2, 0.25) is 0 Å². The van der Waals surface area contributed by atoms with E-state index < -0.39 is 23.9 Å². The summed E-state index contributed by atoms with van der Waals surface area (Å²) in [6.45, 7) is 8.44. The number of carbonyl (C=O) groups excluding carboxylic acids is 4. The maximum absolute atomic E-state index is 11.4. The quantitative estimate of drug-likeness (QED) is 0.407. The second-order valence-electron chi connectivity index (χ2n) is 7.71. The van der Waals surface area contributed by atoms with E-state index in [9.17, 15) is 29.4 Å². The number of carboxylic acids is 2. The second kappa shape index (κ2) is 15.4. The summed E-state index contributed by atoms with van der Waals surface area (Å²) in [6.07, 6.45) is 0. The molecule has 0 fully saturated rings. The Morgan fingerprint density at radius 2 is 0.848 bits per heavy atom. The minimum atomic E-state index is -1.26. The summed E-state index contributed by atoms with van der Waals surface area (Å²) >= 11 is 0. The number of aromatic carboxylic acids is 2. The number of carboxylic acid groups (broad SMARTS) is 2. The maximum atomic E-state index is 11.4. The van der Waals surface area contributed by atoms with E-state index in [1.165, 1.54) is 48.5 Å². The van der Waals surface area contributed by atoms with E-state index in [-0.39, 0.29) is 60.7 Å². The van der Waals surface area contributed by atoms with Gasteiger partial charge in [0.2, 0.25) is 0 Å². The molecule has 0 atom stereocenters. The van der Waals surface area contributed by atoms with Crippen LogP contribution < -0.4 is 10.2 Å². The van der Waals surface area contributed by atoms with Crippen molar-refractivity contribution in [1.29, 1.82) is 0 Å². The predicted octanol–water partition coefficient (Wildman–Crippen LogP) is 1.34. The Hall–Kier alpha value is -2.42. The molecule has 0 aliphatic carbocycles. The molecule has 0 N–H and O–H groups in total. The van der Waals surface area contributed by atoms with Crippen molar-refractivity contribution in [3.63, 3.8) is 0 Å². The molecule has 0 unspecified atom stereocenters. The van der Waals surface area contributed by atoms with E-state index in [1.807, 2.05) is 27.7 Å². The number of hydrogen-bond acceptors (Lipinski definition) is 8. The van der Waals surface area contributed by atoms with Gasteiger partial charge in [0, 0.05) is 0 Å². The zero-order chi connectivity index (χ0) is 24.3. The molecule has 0 aliphatic rings. The molecule has 172 valence electrons. The molecule has 0 saturated heterocycles. The van der Waals surface area contributed by atoms with Gasteiger partial charge in [-0.05, 0) is 47.2 Å². The Morgan fingerprint density at radius 1 is 0.606 bits per heavy atom. The molecular weight excluding hydrogens is 456 g/mol. The number of benzene rings is 2. The van der Waals surface area contributed by atoms with Gasteiger partial charge >= 0.3 is 49.7 Å². The van der Waals surface area contributed by atoms with Gasteiger partial charge in [-0.1, -0.05) is 52.0 Å². The minimum absolute atomic E-state index is 0. The molecule has 0 aromatic heterocycles. The van der Waals surface area contributed by atoms with Crippen LogP contribution in [0.4, 0.5) is 0 Å². The summed E-state index contributed by atoms with van der Waals surface area (Å²) in [6, 6.07) is 10.9. The molecule has 33 heavy (non-hydrogen) atoms. The van der Waals surface area contributed by atoms with Gasteiger partial charge in [0.15, 0.2) is 0 Å². The topological polar surface area (TPSA) is 133 Å². The van der Waals surface area contributed by atoms with Crippen LogP contribution in [0.15, 0.2) is 48.5 Å². The summed E-state index contributed by atoms with van der Waals surface area (Å²) in [5.74, 6) is -2.88. The van der Waals surface area contributed by atoms with Crippen molar-refractivity contribution in [2.45, 2.75) is 27.7 Å². The number of esters is 2. The first kappa shape index (κ1) is 30.6. The zero-order valence-electron chi connectivity index (χ0n) is 19.2. The molecule has 2 rings (SSSR count). The van der Waals surface area contributed by atoms with Crippen LogP contribution >= 0.6 is 0 Å². The monoisotopic (exact) mass is 482 g/mol. The van der Waals surface area contributed by atoms with Crippen LogP contribution in [0.3, 0.4) is 0 Å². The van der Waals surface area contributed by atoms with Crippen molar-refractivity contribution in [2.75, 3.05) is 13.2 Å². The summed E-state index contributed by atoms with van der Waals surface area (Å²) in [7, 11) is 0. The third-order valence-electron chi connectivity index (χ3n) is 3.81. The van der Waals surface area contributed by atoms with Crippen LogP contribution in [-0.2, 0) is 9.47 Å². The summed E-state index contributed by atoms with van der Waals surface area (Å²) in [5.41, 5.74) is 0.761. The number of hydrogen-bond donors (Lipinski definition) is 0. The number of rotatable bonds is 8. The van der Waals surface area contributed by atoms with Crippen LogP contribution in [0.5, 0.6) is 0 Å². The Morgan fingerprint density at radius 3 is 1.06 bits per heavy atom. The van der Waals surface area contributed by atoms with Crippen LogP contribution in [-0.4, -0.2) is 74.8 Å². The molecule has 0 amide bonds. The normalized spacial score (nSPS) is 9.88. The van der Waals surface area contributed by atoms with E-state index >= 15 is 0 Å². The molecule has 0 saturated carbocycles. The van der Waals surface area contributed by atoms with Gasteiger partial charge in [-0.15, -0.1) is 0 Å². The standard InChI is InChI=1S/2C12H14O4.Ca/c2*1-8(2)7-16-12(15)10-5-3-9(4-6-10)11(13)14;/h2*3-6,8H,7H2,1-2H3,(H,13,14);/q;;+2/p-2. The smallest absolute Gasteiger partial charge is 0.545 e. The van der Waals surface area contributed by atoms with E-state index in [1.54, 1.807) is 0 Å². The van der Waals surface area contributed by atoms with Gasteiger partial charge in [-0.3, -0.25) is 0 Å². The summed E-state index contributed by atoms with van der Waals surface area (Å²) in [5, 5.41) is 20.9. The fourth-order valence-corrected chi connectivity index (χ4v) is 2.14. The molecule has 0 heterocycles. The molecule has 0 aliphatic heterocycles. The SMILES string of the molecule is CC(C)COC(=O)c1ccc(C(=O)[O-])cc1.CC(C)COC(=O)c1ccc(C(=O)[O-])cc1.[Ca+2]. The van der Waals surface area contributed by atoms with E-state index in [0.29, 0.717) is 24.3 Å². The van der Waals surface area contributed by atoms with E-state index in [0.717, 1.165) is 0 Å². The van der Waals surface area contributed by atoms with E-state index in [2.05, 4.69) is 0 Å². The molecule has 2 aromatic carbocycles. The Kier molecular flexibility index (Phi) is 14.3. The second-order valence-corrected chi connectivity index (χ2v) is 7.71. The van der Waals surface area contributed by atoms with Crippen LogP contribution in [0.25, 0.3) is 0 Å². The maximum Gasteiger partial charge on any atom is 2.00 e. The van der Waals surface area contributed by atoms with Gasteiger partial charge in [-0.25, -0.2) is 9.59 Å². The number of carbonyl (C=O) groups is 4. The van der Waals surface area contributed by atoms with Crippen molar-refractivity contribution in [2.24, 2.45) is 11.8 Å². The first-order chi connectivity index (χ1) is 15.0. The van der Waals surface area contributed by atoms with Gasteiger partial charge < -0.3 is 29.3 Å². The minimum Gasteiger partial charge on any atom is -0.545 e. The molecule has 8 nitrogen and oxygen atoms in total. The molecule has 0 radical (unpaired) electrons. The molecule has 2 aromatic rings. The predicted molar refractivity (Wildman–Crippen MR) is 118 cm³/mol. The fraction of sp³-hybridized carbons (Fsp3) is 0.333. The van der Waals surface area contributed by atoms with Crippen molar-refractivity contribution >= 4 is 61.6 Å². The number of ether oxygens (including phenoxy) is 2. The Labute approximate surface area is 222 Å². The van der Waals surface area contributed by atoms with Gasteiger partial charge in [0.05, 0.1) is 36.3 Å². The first-order valence-corrected chi connectivity index (χ1v) is 9.98. The third kappa shape index (κ3) is 11.8. The van der Waals surface area contributed by atoms with Crippen LogP contribution in [0.1, 0.15) is 69.1 Å². The zero-order valence-corrected chi connectivity index (χ0v) is 21.4. The van der Waals surface area contributed by atoms with Gasteiger partial charge in [0.25, 0.3) is 0 Å². The van der Waals surface area contributed by atoms with Crippen LogP contribution in [0, 0.1) is 11.8 Å². The Bertz CT molecular complexity index is 841. The van der Waals surface area contributed by atoms with Crippen molar-refractivity contribution in [1.82, 2.24) is 0 Å². The van der Waals surface area contributed by atoms with Crippen molar-refractivity contribution in [3.05, 3.63) is 70.8 Å². The fourth-order valence-electron chi connectivity index (χ4n) is 2.14. The first-order valence-electron chi connectivity index (χ1n) is 9.98. The van der Waals surface area contributed by atoms with Gasteiger partial charge in [0.1, 0.15) is 0 Å². The van der Waals surface area contributed by atoms with E-state index in [4.69, 9.17) is 9.47 Å². The molecule has 0 bridgehead atoms. The summed E-state index contributed by atoms with van der Waals surface area (Å²) in [4.78, 5) is 43.8. The third-order valence-corrected chi connectivity index (χ3v) is 3.81. The van der Waals surface area contributed by atoms with Gasteiger partial charge in [-0.2, -0.15) is 0 Å². The molecule has 9 heteroatoms. The Balaban J connectivity index is 0.000000602. The largest absolute Gasteiger partial charge is 2.00 e. The van der Waals surface area contributed by atoms with Crippen molar-refractivity contribution in [3.8, 4) is 0 Å². The summed E-state index contributed by atoms with van der Waals surface area (Å²) < 4.78 is 9.98.